The van der Waals surface area contributed by atoms with Crippen molar-refractivity contribution in [2.24, 2.45) is 0 Å². The number of carbonyl (C=O) groups is 1. The van der Waals surface area contributed by atoms with E-state index in [0.29, 0.717) is 16.7 Å². The standard InChI is InChI=1S/C13H18N4OS2/c1-3-7-14-13-16-15-11(20-13)12(18)17(2)8-6-10-5-4-9-19-10/h4-5,9H,3,6-8H2,1-2H3,(H,14,16). The SMILES string of the molecule is CCCNc1nnc(C(=O)N(C)CCc2cccs2)s1. The predicted molar refractivity (Wildman–Crippen MR) is 83.7 cm³/mol. The molecule has 0 atom stereocenters. The fourth-order valence-corrected chi connectivity index (χ4v) is 3.07. The van der Waals surface area contributed by atoms with Crippen LogP contribution in [-0.2, 0) is 6.42 Å². The van der Waals surface area contributed by atoms with Gasteiger partial charge in [0.05, 0.1) is 0 Å². The maximum atomic E-state index is 12.2. The van der Waals surface area contributed by atoms with Crippen molar-refractivity contribution in [3.63, 3.8) is 0 Å². The molecule has 0 saturated carbocycles. The molecule has 0 radical (unpaired) electrons. The Morgan fingerprint density at radius 1 is 1.45 bits per heavy atom. The van der Waals surface area contributed by atoms with E-state index in [-0.39, 0.29) is 5.91 Å². The Hall–Kier alpha value is -1.47. The van der Waals surface area contributed by atoms with Crippen LogP contribution >= 0.6 is 22.7 Å². The van der Waals surface area contributed by atoms with Gasteiger partial charge in [-0.25, -0.2) is 0 Å². The van der Waals surface area contributed by atoms with Gasteiger partial charge in [-0.2, -0.15) is 0 Å². The number of amides is 1. The van der Waals surface area contributed by atoms with E-state index in [1.165, 1.54) is 16.2 Å². The van der Waals surface area contributed by atoms with Gasteiger partial charge in [-0.15, -0.1) is 21.5 Å². The molecule has 0 aromatic carbocycles. The van der Waals surface area contributed by atoms with E-state index >= 15 is 0 Å². The van der Waals surface area contributed by atoms with Crippen molar-refractivity contribution in [3.8, 4) is 0 Å². The first-order chi connectivity index (χ1) is 9.70. The smallest absolute Gasteiger partial charge is 0.284 e. The van der Waals surface area contributed by atoms with Gasteiger partial charge in [-0.3, -0.25) is 4.79 Å². The minimum absolute atomic E-state index is 0.0661. The van der Waals surface area contributed by atoms with E-state index in [0.717, 1.165) is 19.4 Å². The van der Waals surface area contributed by atoms with E-state index in [2.05, 4.69) is 28.5 Å². The summed E-state index contributed by atoms with van der Waals surface area (Å²) in [5.41, 5.74) is 0. The van der Waals surface area contributed by atoms with Gasteiger partial charge >= 0.3 is 0 Å². The summed E-state index contributed by atoms with van der Waals surface area (Å²) in [5.74, 6) is -0.0661. The highest BCUT2D eigenvalue weighted by Crippen LogP contribution is 2.17. The fourth-order valence-electron chi connectivity index (χ4n) is 1.61. The minimum atomic E-state index is -0.0661. The van der Waals surface area contributed by atoms with E-state index in [4.69, 9.17) is 0 Å². The third-order valence-corrected chi connectivity index (χ3v) is 4.56. The molecule has 0 aliphatic rings. The van der Waals surface area contributed by atoms with Gasteiger partial charge < -0.3 is 10.2 Å². The Labute approximate surface area is 126 Å². The van der Waals surface area contributed by atoms with Crippen LogP contribution in [0.1, 0.15) is 28.0 Å². The number of rotatable bonds is 7. The number of hydrogen-bond acceptors (Lipinski definition) is 6. The molecular weight excluding hydrogens is 292 g/mol. The highest BCUT2D eigenvalue weighted by molar-refractivity contribution is 7.17. The van der Waals surface area contributed by atoms with Crippen LogP contribution in [0.2, 0.25) is 0 Å². The van der Waals surface area contributed by atoms with Crippen molar-refractivity contribution in [1.29, 1.82) is 0 Å². The zero-order valence-corrected chi connectivity index (χ0v) is 13.3. The number of nitrogens with one attached hydrogen (secondary N) is 1. The monoisotopic (exact) mass is 310 g/mol. The highest BCUT2D eigenvalue weighted by atomic mass is 32.1. The molecule has 2 heterocycles. The van der Waals surface area contributed by atoms with Crippen LogP contribution in [0.3, 0.4) is 0 Å². The topological polar surface area (TPSA) is 58.1 Å². The van der Waals surface area contributed by atoms with Gasteiger partial charge in [-0.1, -0.05) is 24.3 Å². The number of nitrogens with zero attached hydrogens (tertiary/aromatic N) is 3. The summed E-state index contributed by atoms with van der Waals surface area (Å²) < 4.78 is 0. The molecule has 1 amide bonds. The van der Waals surface area contributed by atoms with E-state index < -0.39 is 0 Å². The molecule has 0 aliphatic carbocycles. The van der Waals surface area contributed by atoms with Crippen molar-refractivity contribution < 1.29 is 4.79 Å². The maximum absolute atomic E-state index is 12.2. The molecule has 5 nitrogen and oxygen atoms in total. The second-order valence-electron chi connectivity index (χ2n) is 4.40. The molecule has 0 spiro atoms. The zero-order chi connectivity index (χ0) is 14.4. The first kappa shape index (κ1) is 14.9. The second-order valence-corrected chi connectivity index (χ2v) is 6.40. The van der Waals surface area contributed by atoms with Gasteiger partial charge in [0, 0.05) is 25.0 Å². The normalized spacial score (nSPS) is 10.5. The summed E-state index contributed by atoms with van der Waals surface area (Å²) >= 11 is 3.02. The molecule has 20 heavy (non-hydrogen) atoms. The Balaban J connectivity index is 1.87. The van der Waals surface area contributed by atoms with Crippen LogP contribution < -0.4 is 5.32 Å². The van der Waals surface area contributed by atoms with E-state index in [1.807, 2.05) is 11.4 Å². The molecule has 0 bridgehead atoms. The molecule has 0 saturated heterocycles. The highest BCUT2D eigenvalue weighted by Gasteiger charge is 2.17. The second kappa shape index (κ2) is 7.35. The Morgan fingerprint density at radius 2 is 2.30 bits per heavy atom. The van der Waals surface area contributed by atoms with E-state index in [1.54, 1.807) is 23.3 Å². The van der Waals surface area contributed by atoms with Crippen LogP contribution in [0.15, 0.2) is 17.5 Å². The van der Waals surface area contributed by atoms with Crippen LogP contribution in [-0.4, -0.2) is 41.1 Å². The van der Waals surface area contributed by atoms with Gasteiger partial charge in [0.15, 0.2) is 0 Å². The first-order valence-electron chi connectivity index (χ1n) is 6.56. The van der Waals surface area contributed by atoms with Crippen LogP contribution in [0.4, 0.5) is 5.13 Å². The maximum Gasteiger partial charge on any atom is 0.284 e. The molecular formula is C13H18N4OS2. The summed E-state index contributed by atoms with van der Waals surface area (Å²) in [6, 6.07) is 4.11. The van der Waals surface area contributed by atoms with Gasteiger partial charge in [0.25, 0.3) is 5.91 Å². The van der Waals surface area contributed by atoms with E-state index in [9.17, 15) is 4.79 Å². The number of anilines is 1. The summed E-state index contributed by atoms with van der Waals surface area (Å²) in [5, 5.41) is 14.3. The average Bonchev–Trinajstić information content (AvgIpc) is 3.12. The van der Waals surface area contributed by atoms with Crippen LogP contribution in [0.5, 0.6) is 0 Å². The summed E-state index contributed by atoms with van der Waals surface area (Å²) in [6.45, 7) is 3.62. The molecule has 2 rings (SSSR count). The molecule has 7 heteroatoms. The molecule has 0 aliphatic heterocycles. The zero-order valence-electron chi connectivity index (χ0n) is 11.6. The van der Waals surface area contributed by atoms with Crippen LogP contribution in [0.25, 0.3) is 0 Å². The Bertz CT molecular complexity index is 538. The van der Waals surface area contributed by atoms with Crippen molar-refractivity contribution in [2.75, 3.05) is 25.5 Å². The Kier molecular flexibility index (Phi) is 5.49. The molecule has 2 aromatic heterocycles. The number of thiophene rings is 1. The first-order valence-corrected chi connectivity index (χ1v) is 8.25. The quantitative estimate of drug-likeness (QED) is 0.854. The third-order valence-electron chi connectivity index (χ3n) is 2.75. The van der Waals surface area contributed by atoms with Gasteiger partial charge in [0.1, 0.15) is 0 Å². The average molecular weight is 310 g/mol. The summed E-state index contributed by atoms with van der Waals surface area (Å²) in [6.07, 6.45) is 1.89. The lowest BCUT2D eigenvalue weighted by Crippen LogP contribution is -2.28. The molecule has 108 valence electrons. The van der Waals surface area contributed by atoms with Crippen molar-refractivity contribution in [1.82, 2.24) is 15.1 Å². The van der Waals surface area contributed by atoms with Gasteiger partial charge in [-0.05, 0) is 24.3 Å². The van der Waals surface area contributed by atoms with Crippen LogP contribution in [0, 0.1) is 0 Å². The fraction of sp³-hybridized carbons (Fsp3) is 0.462. The lowest BCUT2D eigenvalue weighted by Gasteiger charge is -2.14. The largest absolute Gasteiger partial charge is 0.360 e. The van der Waals surface area contributed by atoms with Gasteiger partial charge in [0.2, 0.25) is 10.1 Å². The lowest BCUT2D eigenvalue weighted by atomic mass is 10.3. The molecule has 1 N–H and O–H groups in total. The summed E-state index contributed by atoms with van der Waals surface area (Å²) in [7, 11) is 1.80. The lowest BCUT2D eigenvalue weighted by molar-refractivity contribution is 0.0795. The van der Waals surface area contributed by atoms with Crippen molar-refractivity contribution in [2.45, 2.75) is 19.8 Å². The van der Waals surface area contributed by atoms with Crippen molar-refractivity contribution >= 4 is 33.7 Å². The molecule has 0 unspecified atom stereocenters. The Morgan fingerprint density at radius 3 is 3.00 bits per heavy atom. The summed E-state index contributed by atoms with van der Waals surface area (Å²) in [4.78, 5) is 15.2. The minimum Gasteiger partial charge on any atom is -0.360 e. The predicted octanol–water partition coefficient (Wildman–Crippen LogP) is 2.74. The van der Waals surface area contributed by atoms with Crippen molar-refractivity contribution in [3.05, 3.63) is 27.4 Å². The third kappa shape index (κ3) is 4.01. The number of hydrogen-bond donors (Lipinski definition) is 1. The number of likely N-dealkylation sites (N-methyl/N-ethyl adjacent to an activating group) is 1. The number of aromatic nitrogens is 2. The molecule has 0 fully saturated rings. The number of carbonyl (C=O) groups excluding carboxylic acids is 1. The molecule has 2 aromatic rings.